The van der Waals surface area contributed by atoms with Crippen LogP contribution in [0.1, 0.15) is 42.2 Å². The molecule has 0 aliphatic carbocycles. The summed E-state index contributed by atoms with van der Waals surface area (Å²) in [5, 5.41) is 5.85. The zero-order chi connectivity index (χ0) is 19.0. The lowest BCUT2D eigenvalue weighted by molar-refractivity contribution is -0.146. The average molecular weight is 365 g/mol. The van der Waals surface area contributed by atoms with Crippen LogP contribution in [-0.2, 0) is 14.4 Å². The second kappa shape index (κ2) is 6.83. The van der Waals surface area contributed by atoms with E-state index in [0.29, 0.717) is 12.2 Å². The standard InChI is InChI=1S/C20H19N3O4/c1-13-4-6-14(7-5-13)15-11-16(17-3-2-10-27-17)23(21-15)20(26)12-22-18(24)8-9-19(22)25/h2-7,10,16H,8-9,11-12H2,1H3/t16-/m0/s1. The van der Waals surface area contributed by atoms with Crippen LogP contribution >= 0.6 is 0 Å². The maximum atomic E-state index is 12.9. The van der Waals surface area contributed by atoms with Crippen molar-refractivity contribution < 1.29 is 18.8 Å². The van der Waals surface area contributed by atoms with E-state index in [4.69, 9.17) is 4.42 Å². The van der Waals surface area contributed by atoms with Crippen LogP contribution in [0.5, 0.6) is 0 Å². The number of hydrogen-bond acceptors (Lipinski definition) is 5. The van der Waals surface area contributed by atoms with Crippen LogP contribution in [0.4, 0.5) is 0 Å². The summed E-state index contributed by atoms with van der Waals surface area (Å²) < 4.78 is 5.50. The molecule has 0 bridgehead atoms. The van der Waals surface area contributed by atoms with Gasteiger partial charge in [0.15, 0.2) is 0 Å². The number of rotatable bonds is 4. The molecule has 7 nitrogen and oxygen atoms in total. The van der Waals surface area contributed by atoms with Gasteiger partial charge in [0.2, 0.25) is 11.8 Å². The molecule has 2 aromatic rings. The lowest BCUT2D eigenvalue weighted by atomic mass is 10.0. The smallest absolute Gasteiger partial charge is 0.263 e. The van der Waals surface area contributed by atoms with E-state index >= 15 is 0 Å². The Morgan fingerprint density at radius 1 is 1.15 bits per heavy atom. The first kappa shape index (κ1) is 17.2. The number of hydrogen-bond donors (Lipinski definition) is 0. The minimum absolute atomic E-state index is 0.158. The highest BCUT2D eigenvalue weighted by Gasteiger charge is 2.38. The van der Waals surface area contributed by atoms with Gasteiger partial charge in [-0.15, -0.1) is 0 Å². The van der Waals surface area contributed by atoms with Gasteiger partial charge in [-0.05, 0) is 24.6 Å². The van der Waals surface area contributed by atoms with Gasteiger partial charge < -0.3 is 4.42 Å². The summed E-state index contributed by atoms with van der Waals surface area (Å²) in [4.78, 5) is 37.6. The van der Waals surface area contributed by atoms with Gasteiger partial charge in [0, 0.05) is 19.3 Å². The van der Waals surface area contributed by atoms with Crippen molar-refractivity contribution in [3.63, 3.8) is 0 Å². The number of hydrazone groups is 1. The van der Waals surface area contributed by atoms with E-state index in [1.54, 1.807) is 18.4 Å². The van der Waals surface area contributed by atoms with Gasteiger partial charge in [-0.3, -0.25) is 19.3 Å². The van der Waals surface area contributed by atoms with Crippen molar-refractivity contribution in [3.05, 3.63) is 59.5 Å². The molecule has 2 aliphatic heterocycles. The Labute approximate surface area is 156 Å². The summed E-state index contributed by atoms with van der Waals surface area (Å²) in [6.45, 7) is 1.71. The molecule has 138 valence electrons. The molecular weight excluding hydrogens is 346 g/mol. The Morgan fingerprint density at radius 2 is 1.85 bits per heavy atom. The average Bonchev–Trinajstić information content (AvgIpc) is 3.38. The molecule has 1 fully saturated rings. The van der Waals surface area contributed by atoms with Gasteiger partial charge in [-0.25, -0.2) is 5.01 Å². The second-order valence-corrected chi connectivity index (χ2v) is 6.76. The number of carbonyl (C=O) groups is 3. The Kier molecular flexibility index (Phi) is 4.35. The number of nitrogens with zero attached hydrogens (tertiary/aromatic N) is 3. The Balaban J connectivity index is 1.61. The quantitative estimate of drug-likeness (QED) is 0.779. The number of likely N-dealkylation sites (tertiary alicyclic amines) is 1. The van der Waals surface area contributed by atoms with E-state index in [-0.39, 0.29) is 31.2 Å². The fourth-order valence-corrected chi connectivity index (χ4v) is 3.37. The second-order valence-electron chi connectivity index (χ2n) is 6.76. The molecule has 27 heavy (non-hydrogen) atoms. The Hall–Kier alpha value is -3.22. The van der Waals surface area contributed by atoms with Gasteiger partial charge >= 0.3 is 0 Å². The minimum Gasteiger partial charge on any atom is -0.467 e. The molecule has 0 N–H and O–H groups in total. The molecule has 2 aliphatic rings. The summed E-state index contributed by atoms with van der Waals surface area (Å²) in [6, 6.07) is 11.1. The highest BCUT2D eigenvalue weighted by atomic mass is 16.3. The summed E-state index contributed by atoms with van der Waals surface area (Å²) in [5.74, 6) is -0.412. The maximum Gasteiger partial charge on any atom is 0.263 e. The topological polar surface area (TPSA) is 83.2 Å². The number of aryl methyl sites for hydroxylation is 1. The normalized spacial score (nSPS) is 19.7. The lowest BCUT2D eigenvalue weighted by Gasteiger charge is -2.22. The highest BCUT2D eigenvalue weighted by molar-refractivity contribution is 6.06. The van der Waals surface area contributed by atoms with Crippen molar-refractivity contribution in [1.29, 1.82) is 0 Å². The van der Waals surface area contributed by atoms with Crippen molar-refractivity contribution in [1.82, 2.24) is 9.91 Å². The molecule has 0 radical (unpaired) electrons. The largest absolute Gasteiger partial charge is 0.467 e. The first-order valence-electron chi connectivity index (χ1n) is 8.86. The summed E-state index contributed by atoms with van der Waals surface area (Å²) in [6.07, 6.45) is 2.37. The van der Waals surface area contributed by atoms with Crippen molar-refractivity contribution >= 4 is 23.4 Å². The Morgan fingerprint density at radius 3 is 2.48 bits per heavy atom. The first-order valence-corrected chi connectivity index (χ1v) is 8.86. The zero-order valence-electron chi connectivity index (χ0n) is 14.9. The number of imide groups is 1. The third kappa shape index (κ3) is 3.28. The van der Waals surface area contributed by atoms with Crippen LogP contribution in [0.2, 0.25) is 0 Å². The molecule has 1 atom stereocenters. The van der Waals surface area contributed by atoms with Gasteiger partial charge in [0.1, 0.15) is 18.3 Å². The predicted molar refractivity (Wildman–Crippen MR) is 96.6 cm³/mol. The molecular formula is C20H19N3O4. The number of carbonyl (C=O) groups excluding carboxylic acids is 3. The summed E-state index contributed by atoms with van der Waals surface area (Å²) in [5.41, 5.74) is 2.84. The number of furan rings is 1. The summed E-state index contributed by atoms with van der Waals surface area (Å²) >= 11 is 0. The van der Waals surface area contributed by atoms with Gasteiger partial charge in [-0.2, -0.15) is 5.10 Å². The van der Waals surface area contributed by atoms with Gasteiger partial charge in [-0.1, -0.05) is 29.8 Å². The van der Waals surface area contributed by atoms with Crippen LogP contribution < -0.4 is 0 Å². The summed E-state index contributed by atoms with van der Waals surface area (Å²) in [7, 11) is 0. The molecule has 3 heterocycles. The van der Waals surface area contributed by atoms with E-state index < -0.39 is 11.9 Å². The fraction of sp³-hybridized carbons (Fsp3) is 0.300. The van der Waals surface area contributed by atoms with Crippen LogP contribution in [0.3, 0.4) is 0 Å². The van der Waals surface area contributed by atoms with E-state index in [1.807, 2.05) is 31.2 Å². The maximum absolute atomic E-state index is 12.9. The fourth-order valence-electron chi connectivity index (χ4n) is 3.37. The van der Waals surface area contributed by atoms with Gasteiger partial charge in [0.25, 0.3) is 5.91 Å². The molecule has 1 aromatic carbocycles. The number of benzene rings is 1. The molecule has 7 heteroatoms. The monoisotopic (exact) mass is 365 g/mol. The molecule has 0 spiro atoms. The van der Waals surface area contributed by atoms with Crippen LogP contribution in [0, 0.1) is 6.92 Å². The molecule has 1 saturated heterocycles. The highest BCUT2D eigenvalue weighted by Crippen LogP contribution is 2.33. The van der Waals surface area contributed by atoms with Crippen LogP contribution in [0.25, 0.3) is 0 Å². The first-order chi connectivity index (χ1) is 13.0. The predicted octanol–water partition coefficient (Wildman–Crippen LogP) is 2.41. The van der Waals surface area contributed by atoms with Crippen molar-refractivity contribution in [2.24, 2.45) is 5.10 Å². The SMILES string of the molecule is Cc1ccc(C2=NN(C(=O)CN3C(=O)CCC3=O)[C@H](c3ccco3)C2)cc1. The molecule has 1 aromatic heterocycles. The van der Waals surface area contributed by atoms with Crippen molar-refractivity contribution in [2.45, 2.75) is 32.2 Å². The zero-order valence-corrected chi connectivity index (χ0v) is 14.9. The van der Waals surface area contributed by atoms with Crippen LogP contribution in [0.15, 0.2) is 52.2 Å². The minimum atomic E-state index is -0.401. The van der Waals surface area contributed by atoms with E-state index in [9.17, 15) is 14.4 Å². The number of amides is 3. The molecule has 4 rings (SSSR count). The van der Waals surface area contributed by atoms with E-state index in [0.717, 1.165) is 21.7 Å². The van der Waals surface area contributed by atoms with Crippen molar-refractivity contribution in [2.75, 3.05) is 6.54 Å². The third-order valence-electron chi connectivity index (χ3n) is 4.87. The third-order valence-corrected chi connectivity index (χ3v) is 4.87. The molecule has 3 amide bonds. The molecule has 0 saturated carbocycles. The van der Waals surface area contributed by atoms with E-state index in [2.05, 4.69) is 5.10 Å². The lowest BCUT2D eigenvalue weighted by Crippen LogP contribution is -2.40. The Bertz CT molecular complexity index is 899. The van der Waals surface area contributed by atoms with Crippen molar-refractivity contribution in [3.8, 4) is 0 Å². The van der Waals surface area contributed by atoms with E-state index in [1.165, 1.54) is 5.01 Å². The molecule has 0 unspecified atom stereocenters. The van der Waals surface area contributed by atoms with Crippen LogP contribution in [-0.4, -0.2) is 39.9 Å². The van der Waals surface area contributed by atoms with Gasteiger partial charge in [0.05, 0.1) is 12.0 Å².